The van der Waals surface area contributed by atoms with E-state index in [1.807, 2.05) is 0 Å². The third-order valence-electron chi connectivity index (χ3n) is 6.01. The zero-order chi connectivity index (χ0) is 21.4. The highest BCUT2D eigenvalue weighted by Gasteiger charge is 2.36. The lowest BCUT2D eigenvalue weighted by Gasteiger charge is -2.33. The summed E-state index contributed by atoms with van der Waals surface area (Å²) in [4.78, 5) is 11.3. The third kappa shape index (κ3) is 3.00. The van der Waals surface area contributed by atoms with Gasteiger partial charge in [0, 0.05) is 11.9 Å². The topological polar surface area (TPSA) is 60.9 Å². The molecule has 0 aromatic carbocycles. The fourth-order valence-corrected chi connectivity index (χ4v) is 5.53. The van der Waals surface area contributed by atoms with E-state index in [-0.39, 0.29) is 16.9 Å². The van der Waals surface area contributed by atoms with Crippen LogP contribution in [0.4, 0.5) is 13.2 Å². The zero-order valence-corrected chi connectivity index (χ0v) is 17.9. The summed E-state index contributed by atoms with van der Waals surface area (Å²) in [7, 11) is 1.27. The Balaban J connectivity index is 1.63. The second-order valence-corrected chi connectivity index (χ2v) is 10.1. The van der Waals surface area contributed by atoms with Crippen molar-refractivity contribution < 1.29 is 13.2 Å². The molecule has 0 saturated carbocycles. The summed E-state index contributed by atoms with van der Waals surface area (Å²) in [5.41, 5.74) is 1.39. The van der Waals surface area contributed by atoms with Crippen molar-refractivity contribution in [1.82, 2.24) is 29.4 Å². The highest BCUT2D eigenvalue weighted by Crippen LogP contribution is 2.43. The van der Waals surface area contributed by atoms with Gasteiger partial charge >= 0.3 is 6.18 Å². The minimum atomic E-state index is -4.48. The largest absolute Gasteiger partial charge is 0.433 e. The molecule has 4 aromatic heterocycles. The molecule has 1 aliphatic carbocycles. The van der Waals surface area contributed by atoms with E-state index in [0.717, 1.165) is 40.2 Å². The second-order valence-electron chi connectivity index (χ2n) is 8.97. The molecule has 0 spiro atoms. The Kier molecular flexibility index (Phi) is 4.06. The van der Waals surface area contributed by atoms with Crippen molar-refractivity contribution in [2.45, 2.75) is 46.2 Å². The summed E-state index contributed by atoms with van der Waals surface area (Å²) in [6.45, 7) is 6.83. The Morgan fingerprint density at radius 3 is 2.60 bits per heavy atom. The summed E-state index contributed by atoms with van der Waals surface area (Å²) < 4.78 is 41.8. The van der Waals surface area contributed by atoms with Gasteiger partial charge in [-0.05, 0) is 42.2 Å². The lowest BCUT2D eigenvalue weighted by molar-refractivity contribution is -0.143. The number of thiophene rings is 1. The van der Waals surface area contributed by atoms with Crippen LogP contribution in [0.1, 0.15) is 43.3 Å². The molecule has 0 N–H and O–H groups in total. The summed E-state index contributed by atoms with van der Waals surface area (Å²) in [5.74, 6) is 0.774. The standard InChI is InChI=1S/C20H21F3N6S/c1-19(2,3)10-5-6-11-13(7-10)30-18-15(11)17-25-16(27-29(17)9-24-18)12-8-14(20(21,22)23)28(4)26-12/h8-10H,5-7H2,1-4H3. The summed E-state index contributed by atoms with van der Waals surface area (Å²) >= 11 is 1.69. The Hall–Kier alpha value is -2.49. The van der Waals surface area contributed by atoms with Gasteiger partial charge in [0.15, 0.2) is 5.65 Å². The van der Waals surface area contributed by atoms with Gasteiger partial charge in [0.1, 0.15) is 22.5 Å². The van der Waals surface area contributed by atoms with Gasteiger partial charge in [-0.15, -0.1) is 16.4 Å². The average Bonchev–Trinajstić information content (AvgIpc) is 3.32. The van der Waals surface area contributed by atoms with Gasteiger partial charge in [0.25, 0.3) is 0 Å². The van der Waals surface area contributed by atoms with Gasteiger partial charge in [-0.25, -0.2) is 14.5 Å². The van der Waals surface area contributed by atoms with E-state index < -0.39 is 11.9 Å². The van der Waals surface area contributed by atoms with Crippen molar-refractivity contribution in [1.29, 1.82) is 0 Å². The maximum Gasteiger partial charge on any atom is 0.433 e. The van der Waals surface area contributed by atoms with E-state index in [1.165, 1.54) is 17.5 Å². The predicted octanol–water partition coefficient (Wildman–Crippen LogP) is 4.91. The Bertz CT molecular complexity index is 1270. The Labute approximate surface area is 174 Å². The van der Waals surface area contributed by atoms with Gasteiger partial charge in [-0.3, -0.25) is 4.68 Å². The maximum absolute atomic E-state index is 13.1. The normalized spacial score (nSPS) is 17.8. The summed E-state index contributed by atoms with van der Waals surface area (Å²) in [6.07, 6.45) is 0.152. The fourth-order valence-electron chi connectivity index (χ4n) is 4.26. The molecule has 0 amide bonds. The van der Waals surface area contributed by atoms with Gasteiger partial charge in [0.05, 0.1) is 5.39 Å². The van der Waals surface area contributed by atoms with Gasteiger partial charge < -0.3 is 0 Å². The monoisotopic (exact) mass is 434 g/mol. The molecule has 30 heavy (non-hydrogen) atoms. The van der Waals surface area contributed by atoms with Crippen LogP contribution >= 0.6 is 11.3 Å². The number of aryl methyl sites for hydroxylation is 2. The lowest BCUT2D eigenvalue weighted by atomic mass is 9.72. The molecule has 0 radical (unpaired) electrons. The Morgan fingerprint density at radius 1 is 1.17 bits per heavy atom. The predicted molar refractivity (Wildman–Crippen MR) is 108 cm³/mol. The van der Waals surface area contributed by atoms with E-state index in [2.05, 4.69) is 40.9 Å². The van der Waals surface area contributed by atoms with Gasteiger partial charge in [-0.2, -0.15) is 18.3 Å². The number of rotatable bonds is 1. The number of alkyl halides is 3. The molecule has 1 atom stereocenters. The van der Waals surface area contributed by atoms with Crippen LogP contribution in [0.25, 0.3) is 27.4 Å². The van der Waals surface area contributed by atoms with E-state index in [9.17, 15) is 13.2 Å². The number of aromatic nitrogens is 6. The van der Waals surface area contributed by atoms with Crippen LogP contribution in [0, 0.1) is 11.3 Å². The highest BCUT2D eigenvalue weighted by atomic mass is 32.1. The fraction of sp³-hybridized carbons (Fsp3) is 0.500. The van der Waals surface area contributed by atoms with Crippen LogP contribution in [0.15, 0.2) is 12.4 Å². The van der Waals surface area contributed by atoms with Crippen LogP contribution in [0.2, 0.25) is 0 Å². The first-order valence-electron chi connectivity index (χ1n) is 9.79. The molecule has 0 saturated heterocycles. The van der Waals surface area contributed by atoms with E-state index in [4.69, 9.17) is 0 Å². The number of hydrogen-bond acceptors (Lipinski definition) is 5. The number of fused-ring (bicyclic) bond motifs is 5. The first kappa shape index (κ1) is 19.5. The molecule has 6 nitrogen and oxygen atoms in total. The van der Waals surface area contributed by atoms with Crippen molar-refractivity contribution in [3.05, 3.63) is 28.5 Å². The van der Waals surface area contributed by atoms with Gasteiger partial charge in [-0.1, -0.05) is 20.8 Å². The molecule has 0 aliphatic heterocycles. The van der Waals surface area contributed by atoms with E-state index in [1.54, 1.807) is 22.2 Å². The van der Waals surface area contributed by atoms with E-state index >= 15 is 0 Å². The smallest absolute Gasteiger partial charge is 0.263 e. The zero-order valence-electron chi connectivity index (χ0n) is 17.1. The van der Waals surface area contributed by atoms with E-state index in [0.29, 0.717) is 11.6 Å². The molecule has 10 heteroatoms. The maximum atomic E-state index is 13.1. The summed E-state index contributed by atoms with van der Waals surface area (Å²) in [6, 6.07) is 0.983. The van der Waals surface area contributed by atoms with Crippen molar-refractivity contribution >= 4 is 27.2 Å². The summed E-state index contributed by atoms with van der Waals surface area (Å²) in [5, 5.41) is 9.30. The molecule has 0 fully saturated rings. The van der Waals surface area contributed by atoms with Gasteiger partial charge in [0.2, 0.25) is 5.82 Å². The quantitative estimate of drug-likeness (QED) is 0.427. The minimum Gasteiger partial charge on any atom is -0.263 e. The van der Waals surface area contributed by atoms with Crippen LogP contribution in [-0.4, -0.2) is 29.4 Å². The van der Waals surface area contributed by atoms with Crippen molar-refractivity contribution in [2.75, 3.05) is 0 Å². The highest BCUT2D eigenvalue weighted by molar-refractivity contribution is 7.19. The van der Waals surface area contributed by atoms with Crippen molar-refractivity contribution in [2.24, 2.45) is 18.4 Å². The van der Waals surface area contributed by atoms with Crippen molar-refractivity contribution in [3.8, 4) is 11.5 Å². The molecule has 1 unspecified atom stereocenters. The van der Waals surface area contributed by atoms with Crippen LogP contribution < -0.4 is 0 Å². The number of halogens is 3. The lowest BCUT2D eigenvalue weighted by Crippen LogP contribution is -2.26. The Morgan fingerprint density at radius 2 is 1.93 bits per heavy atom. The first-order chi connectivity index (χ1) is 14.0. The second kappa shape index (κ2) is 6.26. The molecule has 0 bridgehead atoms. The van der Waals surface area contributed by atoms with Crippen molar-refractivity contribution in [3.63, 3.8) is 0 Å². The molecule has 5 rings (SSSR count). The minimum absolute atomic E-state index is 0.0959. The van der Waals surface area contributed by atoms with Crippen LogP contribution in [0.5, 0.6) is 0 Å². The molecule has 4 aromatic rings. The SMILES string of the molecule is Cn1nc(-c2nc3c4c5c(sc4ncn3n2)CC(C(C)(C)C)CC5)cc1C(F)(F)F. The molecule has 158 valence electrons. The first-order valence-corrected chi connectivity index (χ1v) is 10.6. The molecule has 1 aliphatic rings. The number of nitrogens with zero attached hydrogens (tertiary/aromatic N) is 6. The molecular formula is C20H21F3N6S. The van der Waals surface area contributed by atoms with Crippen LogP contribution in [-0.2, 0) is 26.1 Å². The molecular weight excluding hydrogens is 413 g/mol. The number of hydrogen-bond donors (Lipinski definition) is 0. The average molecular weight is 434 g/mol. The molecule has 4 heterocycles. The third-order valence-corrected chi connectivity index (χ3v) is 7.17. The van der Waals surface area contributed by atoms with Crippen LogP contribution in [0.3, 0.4) is 0 Å².